The number of aliphatic hydroxyl groups is 5. The minimum absolute atomic E-state index is 0.00581. The first kappa shape index (κ1) is 86.2. The van der Waals surface area contributed by atoms with Crippen molar-refractivity contribution in [3.05, 3.63) is 231 Å². The molecule has 0 atom stereocenters. The number of carbonyl (C=O) groups is 5. The van der Waals surface area contributed by atoms with Gasteiger partial charge in [-0.1, -0.05) is 46.8 Å². The Kier molecular flexibility index (Phi) is 37.0. The van der Waals surface area contributed by atoms with Crippen molar-refractivity contribution in [1.29, 1.82) is 0 Å². The standard InChI is InChI=1S/C16H17ClO5.2C15H16ClNO5.2C14H16ClNO5/c1-2-9-20-12-5-3-11(4-6-12)10-21-15-14(18)13(7-8-17)22-16(15)19;2*1-2-7-20-11-4-3-10(17-8-11)9-21-14-13(18)12(5-6-16)22-15(14)19;2*1-2-5-19-10-6-9(16-7-10)8-20-13-12(17)11(3-4-15)21-14(13)18/h3-7,18H,2,8-10H2,1H3;2*3-5,8,18H,2,6-7,9H2,1H3;2*3,6-7,16-17H,2,4-5,8H2,1H3/b13-7+;2*12-5+;2*11-3+. The number of cyclic esters (lactones) is 5. The van der Waals surface area contributed by atoms with Gasteiger partial charge in [0.15, 0.2) is 28.8 Å². The summed E-state index contributed by atoms with van der Waals surface area (Å²) >= 11 is 27.5. The number of nitrogens with zero attached hydrogens (tertiary/aromatic N) is 2. The number of alkyl halides is 5. The number of carbonyl (C=O) groups excluding carboxylic acids is 5. The van der Waals surface area contributed by atoms with Crippen LogP contribution in [0.3, 0.4) is 0 Å². The molecule has 9 heterocycles. The van der Waals surface area contributed by atoms with Gasteiger partial charge < -0.3 is 107 Å². The Morgan fingerprint density at radius 3 is 0.870 bits per heavy atom. The highest BCUT2D eigenvalue weighted by atomic mass is 35.5. The second-order valence-corrected chi connectivity index (χ2v) is 23.5. The Balaban J connectivity index is 0.000000211. The number of hydrogen-bond acceptors (Lipinski definition) is 27. The SMILES string of the molecule is CCCOc1c[nH]c(COC2=C(O)/C(=C\CCl)OC2=O)c1.CCCOc1c[nH]c(COC2=C(O)/C(=C\CCl)OC2=O)c1.CCCOc1ccc(COC2=C(O)/C(=C\CCl)OC2=O)cc1.CCCOc1ccc(COC2=C(O)/C(=C\CCl)OC2=O)nc1.CCCOc1ccc(COC2=C(O)/C(=C\CCl)OC2=O)nc1. The Morgan fingerprint density at radius 2 is 0.602 bits per heavy atom. The number of aliphatic hydroxyl groups excluding tert-OH is 5. The molecule has 4 aromatic heterocycles. The van der Waals surface area contributed by atoms with Crippen molar-refractivity contribution in [3.63, 3.8) is 0 Å². The van der Waals surface area contributed by atoms with Gasteiger partial charge in [-0.3, -0.25) is 9.97 Å². The van der Waals surface area contributed by atoms with E-state index in [2.05, 4.69) is 19.9 Å². The lowest BCUT2D eigenvalue weighted by Gasteiger charge is -2.07. The molecule has 582 valence electrons. The second kappa shape index (κ2) is 46.4. The fourth-order valence-electron chi connectivity index (χ4n) is 8.56. The molecule has 5 aliphatic heterocycles. The zero-order valence-electron chi connectivity index (χ0n) is 59.3. The molecule has 0 spiro atoms. The summed E-state index contributed by atoms with van der Waals surface area (Å²) in [5.74, 6) is -2.39. The Morgan fingerprint density at radius 1 is 0.343 bits per heavy atom. The van der Waals surface area contributed by atoms with Crippen LogP contribution < -0.4 is 23.7 Å². The molecule has 0 unspecified atom stereocenters. The lowest BCUT2D eigenvalue weighted by atomic mass is 10.2. The number of aromatic nitrogens is 4. The summed E-state index contributed by atoms with van der Waals surface area (Å²) in [7, 11) is 0. The van der Waals surface area contributed by atoms with Gasteiger partial charge in [0, 0.05) is 53.9 Å². The molecule has 34 heteroatoms. The van der Waals surface area contributed by atoms with E-state index in [1.165, 1.54) is 30.4 Å². The van der Waals surface area contributed by atoms with Gasteiger partial charge in [-0.25, -0.2) is 24.0 Å². The highest BCUT2D eigenvalue weighted by molar-refractivity contribution is 6.20. The summed E-state index contributed by atoms with van der Waals surface area (Å²) in [5, 5.41) is 49.0. The number of H-pyrrole nitrogens is 2. The van der Waals surface area contributed by atoms with Crippen molar-refractivity contribution in [2.24, 2.45) is 0 Å². The van der Waals surface area contributed by atoms with Crippen LogP contribution in [0, 0.1) is 0 Å². The largest absolute Gasteiger partial charge is 0.501 e. The number of esters is 5. The van der Waals surface area contributed by atoms with Crippen molar-refractivity contribution >= 4 is 87.9 Å². The highest BCUT2D eigenvalue weighted by Gasteiger charge is 2.36. The maximum atomic E-state index is 11.6. The zero-order valence-corrected chi connectivity index (χ0v) is 63.1. The lowest BCUT2D eigenvalue weighted by Crippen LogP contribution is -2.05. The molecule has 1 aromatic carbocycles. The number of aromatic amines is 2. The molecule has 5 aliphatic rings. The number of pyridine rings is 2. The van der Waals surface area contributed by atoms with Gasteiger partial charge >= 0.3 is 29.8 Å². The first-order valence-corrected chi connectivity index (χ1v) is 36.1. The van der Waals surface area contributed by atoms with Gasteiger partial charge in [0.05, 0.1) is 68.2 Å². The van der Waals surface area contributed by atoms with Gasteiger partial charge in [0.1, 0.15) is 61.8 Å². The van der Waals surface area contributed by atoms with Crippen molar-refractivity contribution in [2.45, 2.75) is 99.8 Å². The van der Waals surface area contributed by atoms with E-state index in [0.29, 0.717) is 78.8 Å². The number of benzene rings is 1. The van der Waals surface area contributed by atoms with Crippen molar-refractivity contribution in [1.82, 2.24) is 19.9 Å². The third-order valence-electron chi connectivity index (χ3n) is 13.7. The van der Waals surface area contributed by atoms with Crippen LogP contribution in [-0.2, 0) is 104 Å². The molecule has 5 aromatic rings. The number of nitrogens with one attached hydrogen (secondary N) is 2. The molecule has 0 radical (unpaired) electrons. The van der Waals surface area contributed by atoms with Crippen LogP contribution in [0.15, 0.2) is 202 Å². The topological polar surface area (TPSA) is 382 Å². The van der Waals surface area contributed by atoms with Crippen LogP contribution >= 0.6 is 58.0 Å². The number of ether oxygens (including phenoxy) is 15. The fourth-order valence-corrected chi connectivity index (χ4v) is 9.26. The van der Waals surface area contributed by atoms with Gasteiger partial charge in [-0.05, 0) is 104 Å². The third kappa shape index (κ3) is 26.9. The number of hydrogen-bond donors (Lipinski definition) is 7. The predicted molar refractivity (Wildman–Crippen MR) is 392 cm³/mol. The van der Waals surface area contributed by atoms with Crippen molar-refractivity contribution in [2.75, 3.05) is 62.4 Å². The molecule has 0 saturated carbocycles. The maximum Gasteiger partial charge on any atom is 0.383 e. The summed E-state index contributed by atoms with van der Waals surface area (Å²) in [6.45, 7) is 13.6. The van der Waals surface area contributed by atoms with E-state index in [1.54, 1.807) is 61.2 Å². The average molecular weight is 1600 g/mol. The molecule has 0 saturated heterocycles. The predicted octanol–water partition coefficient (Wildman–Crippen LogP) is 14.7. The molecule has 10 rings (SSSR count). The first-order valence-electron chi connectivity index (χ1n) is 33.5. The Hall–Kier alpha value is -10.7. The average Bonchev–Trinajstić information content (AvgIpc) is 1.73. The van der Waals surface area contributed by atoms with Crippen molar-refractivity contribution < 1.29 is 121 Å². The van der Waals surface area contributed by atoms with E-state index in [0.717, 1.165) is 43.4 Å². The maximum absolute atomic E-state index is 11.6. The molecule has 0 aliphatic carbocycles. The molecular formula is C74H81Cl5N4O25. The van der Waals surface area contributed by atoms with Crippen LogP contribution in [0.1, 0.15) is 95.1 Å². The third-order valence-corrected chi connectivity index (χ3v) is 14.4. The van der Waals surface area contributed by atoms with Crippen LogP contribution in [0.4, 0.5) is 0 Å². The van der Waals surface area contributed by atoms with Crippen LogP contribution in [-0.4, -0.2) is 138 Å². The molecule has 7 N–H and O–H groups in total. The van der Waals surface area contributed by atoms with Gasteiger partial charge in [0.25, 0.3) is 28.8 Å². The van der Waals surface area contributed by atoms with Crippen LogP contribution in [0.2, 0.25) is 0 Å². The molecule has 0 fully saturated rings. The molecule has 108 heavy (non-hydrogen) atoms. The highest BCUT2D eigenvalue weighted by Crippen LogP contribution is 2.32. The number of allylic oxidation sites excluding steroid dienone is 5. The smallest absolute Gasteiger partial charge is 0.383 e. The Bertz CT molecular complexity index is 3800. The van der Waals surface area contributed by atoms with E-state index in [1.807, 2.05) is 58.9 Å². The van der Waals surface area contributed by atoms with Gasteiger partial charge in [-0.2, -0.15) is 0 Å². The molecular weight excluding hydrogens is 1520 g/mol. The lowest BCUT2D eigenvalue weighted by molar-refractivity contribution is -0.137. The zero-order chi connectivity index (χ0) is 78.3. The summed E-state index contributed by atoms with van der Waals surface area (Å²) in [6.07, 6.45) is 18.1. The van der Waals surface area contributed by atoms with E-state index < -0.39 is 29.8 Å². The summed E-state index contributed by atoms with van der Waals surface area (Å²) in [5.41, 5.74) is 3.44. The van der Waals surface area contributed by atoms with Crippen LogP contribution in [0.5, 0.6) is 28.7 Å². The molecule has 0 bridgehead atoms. The quantitative estimate of drug-likeness (QED) is 0.0112. The Labute approximate surface area is 646 Å². The van der Waals surface area contributed by atoms with Gasteiger partial charge in [-0.15, -0.1) is 58.0 Å². The molecule has 29 nitrogen and oxygen atoms in total. The van der Waals surface area contributed by atoms with E-state index >= 15 is 0 Å². The van der Waals surface area contributed by atoms with Crippen molar-refractivity contribution in [3.8, 4) is 28.7 Å². The number of halogens is 5. The number of rotatable bonds is 35. The van der Waals surface area contributed by atoms with Crippen LogP contribution in [0.25, 0.3) is 0 Å². The molecule has 0 amide bonds. The normalized spacial score (nSPS) is 16.2. The minimum Gasteiger partial charge on any atom is -0.501 e. The summed E-state index contributed by atoms with van der Waals surface area (Å²) in [4.78, 5) is 72.1. The van der Waals surface area contributed by atoms with E-state index in [-0.39, 0.29) is 149 Å². The summed E-state index contributed by atoms with van der Waals surface area (Å²) < 4.78 is 77.8. The monoisotopic (exact) mass is 1600 g/mol. The summed E-state index contributed by atoms with van der Waals surface area (Å²) in [6, 6.07) is 17.8. The van der Waals surface area contributed by atoms with E-state index in [9.17, 15) is 49.5 Å². The minimum atomic E-state index is -0.753. The fraction of sp³-hybridized carbons (Fsp3) is 0.338. The van der Waals surface area contributed by atoms with E-state index in [4.69, 9.17) is 129 Å². The second-order valence-electron chi connectivity index (χ2n) is 22.0. The van der Waals surface area contributed by atoms with Gasteiger partial charge in [0.2, 0.25) is 28.8 Å². The first-order chi connectivity index (χ1) is 52.3.